The van der Waals surface area contributed by atoms with Crippen molar-refractivity contribution in [3.8, 4) is 0 Å². The molecule has 0 spiro atoms. The Hall–Kier alpha value is -2.65. The normalized spacial score (nSPS) is 19.3. The van der Waals surface area contributed by atoms with E-state index in [0.717, 1.165) is 32.0 Å². The van der Waals surface area contributed by atoms with Gasteiger partial charge in [-0.3, -0.25) is 9.10 Å². The summed E-state index contributed by atoms with van der Waals surface area (Å²) in [4.78, 5) is 21.5. The number of carbonyl (C=O) groups excluding carboxylic acids is 1. The van der Waals surface area contributed by atoms with Gasteiger partial charge in [0.15, 0.2) is 0 Å². The fraction of sp³-hybridized carbons (Fsp3) is 0.400. The van der Waals surface area contributed by atoms with E-state index in [9.17, 15) is 13.2 Å². The zero-order valence-electron chi connectivity index (χ0n) is 16.4. The van der Waals surface area contributed by atoms with Gasteiger partial charge >= 0.3 is 0 Å². The molecule has 8 nitrogen and oxygen atoms in total. The fourth-order valence-electron chi connectivity index (χ4n) is 3.61. The van der Waals surface area contributed by atoms with Crippen molar-refractivity contribution in [2.24, 2.45) is 0 Å². The zero-order valence-corrected chi connectivity index (χ0v) is 17.2. The van der Waals surface area contributed by atoms with Crippen molar-refractivity contribution in [2.75, 3.05) is 60.0 Å². The Morgan fingerprint density at radius 1 is 1.03 bits per heavy atom. The van der Waals surface area contributed by atoms with E-state index in [-0.39, 0.29) is 11.7 Å². The minimum absolute atomic E-state index is 0.184. The summed E-state index contributed by atoms with van der Waals surface area (Å²) in [6, 6.07) is 10.4. The Bertz CT molecular complexity index is 985. The monoisotopic (exact) mass is 415 g/mol. The highest BCUT2D eigenvalue weighted by atomic mass is 32.2. The first kappa shape index (κ1) is 19.7. The molecule has 0 unspecified atom stereocenters. The third-order valence-corrected chi connectivity index (χ3v) is 7.22. The van der Waals surface area contributed by atoms with Crippen LogP contribution >= 0.6 is 0 Å². The minimum atomic E-state index is -3.21. The van der Waals surface area contributed by atoms with Crippen LogP contribution in [-0.4, -0.2) is 69.7 Å². The average Bonchev–Trinajstić information content (AvgIpc) is 3.08. The number of anilines is 3. The first-order chi connectivity index (χ1) is 13.9. The Morgan fingerprint density at radius 3 is 2.41 bits per heavy atom. The second kappa shape index (κ2) is 8.00. The maximum atomic E-state index is 12.7. The highest BCUT2D eigenvalue weighted by Gasteiger charge is 2.28. The maximum Gasteiger partial charge on any atom is 0.255 e. The summed E-state index contributed by atoms with van der Waals surface area (Å²) in [5.41, 5.74) is 1.79. The third kappa shape index (κ3) is 4.35. The van der Waals surface area contributed by atoms with E-state index in [1.54, 1.807) is 36.5 Å². The molecule has 2 aromatic rings. The number of pyridine rings is 1. The number of nitrogens with one attached hydrogen (secondary N) is 1. The van der Waals surface area contributed by atoms with Crippen molar-refractivity contribution in [2.45, 2.75) is 6.42 Å². The number of aromatic nitrogens is 1. The third-order valence-electron chi connectivity index (χ3n) is 5.35. The van der Waals surface area contributed by atoms with Crippen LogP contribution in [0.1, 0.15) is 16.8 Å². The quantitative estimate of drug-likeness (QED) is 0.817. The van der Waals surface area contributed by atoms with Gasteiger partial charge in [0, 0.05) is 50.2 Å². The summed E-state index contributed by atoms with van der Waals surface area (Å²) in [5.74, 6) is 0.771. The van der Waals surface area contributed by atoms with Crippen LogP contribution in [0.5, 0.6) is 0 Å². The predicted octanol–water partition coefficient (Wildman–Crippen LogP) is 1.63. The number of likely N-dealkylation sites (N-methyl/N-ethyl adjacent to an activating group) is 1. The predicted molar refractivity (Wildman–Crippen MR) is 114 cm³/mol. The second-order valence-electron chi connectivity index (χ2n) is 7.44. The average molecular weight is 416 g/mol. The molecule has 0 atom stereocenters. The molecule has 1 amide bonds. The summed E-state index contributed by atoms with van der Waals surface area (Å²) in [6.45, 7) is 4.21. The summed E-state index contributed by atoms with van der Waals surface area (Å²) >= 11 is 0. The van der Waals surface area contributed by atoms with Gasteiger partial charge in [-0.25, -0.2) is 13.4 Å². The van der Waals surface area contributed by atoms with Crippen LogP contribution in [0.25, 0.3) is 0 Å². The lowest BCUT2D eigenvalue weighted by molar-refractivity contribution is 0.102. The molecule has 154 valence electrons. The number of carbonyl (C=O) groups is 1. The molecule has 2 saturated heterocycles. The molecule has 0 saturated carbocycles. The number of rotatable bonds is 4. The first-order valence-electron chi connectivity index (χ1n) is 9.74. The Morgan fingerprint density at radius 2 is 1.76 bits per heavy atom. The van der Waals surface area contributed by atoms with Crippen LogP contribution in [-0.2, 0) is 10.0 Å². The molecular formula is C20H25N5O3S. The summed E-state index contributed by atoms with van der Waals surface area (Å²) in [6.07, 6.45) is 2.29. The number of sulfonamides is 1. The molecule has 29 heavy (non-hydrogen) atoms. The van der Waals surface area contributed by atoms with Gasteiger partial charge in [0.2, 0.25) is 10.0 Å². The van der Waals surface area contributed by atoms with E-state index in [0.29, 0.717) is 29.9 Å². The largest absolute Gasteiger partial charge is 0.354 e. The highest BCUT2D eigenvalue weighted by molar-refractivity contribution is 7.93. The van der Waals surface area contributed by atoms with Crippen molar-refractivity contribution in [3.05, 3.63) is 48.2 Å². The molecule has 4 rings (SSSR count). The molecule has 3 heterocycles. The van der Waals surface area contributed by atoms with Gasteiger partial charge in [0.1, 0.15) is 5.82 Å². The summed E-state index contributed by atoms with van der Waals surface area (Å²) in [5, 5.41) is 2.87. The molecule has 0 bridgehead atoms. The lowest BCUT2D eigenvalue weighted by atomic mass is 10.2. The number of amides is 1. The first-order valence-corrected chi connectivity index (χ1v) is 11.3. The molecule has 0 aliphatic carbocycles. The topological polar surface area (TPSA) is 85.9 Å². The lowest BCUT2D eigenvalue weighted by Gasteiger charge is -2.33. The van der Waals surface area contributed by atoms with E-state index in [2.05, 4.69) is 27.1 Å². The van der Waals surface area contributed by atoms with E-state index in [1.807, 2.05) is 6.07 Å². The Labute approximate surface area is 171 Å². The van der Waals surface area contributed by atoms with Crippen LogP contribution in [0.4, 0.5) is 17.2 Å². The molecule has 2 aliphatic rings. The molecule has 9 heteroatoms. The molecule has 0 radical (unpaired) electrons. The van der Waals surface area contributed by atoms with Crippen LogP contribution < -0.4 is 14.5 Å². The Balaban J connectivity index is 1.43. The van der Waals surface area contributed by atoms with Gasteiger partial charge < -0.3 is 15.1 Å². The van der Waals surface area contributed by atoms with E-state index in [4.69, 9.17) is 0 Å². The van der Waals surface area contributed by atoms with Crippen LogP contribution in [0, 0.1) is 0 Å². The molecule has 2 aliphatic heterocycles. The summed E-state index contributed by atoms with van der Waals surface area (Å²) < 4.78 is 25.5. The number of piperazine rings is 1. The number of benzene rings is 1. The van der Waals surface area contributed by atoms with Gasteiger partial charge in [0.25, 0.3) is 5.91 Å². The molecule has 2 fully saturated rings. The number of hydrogen-bond acceptors (Lipinski definition) is 6. The highest BCUT2D eigenvalue weighted by Crippen LogP contribution is 2.25. The molecule has 1 N–H and O–H groups in total. The standard InChI is InChI=1S/C20H25N5O3S/c1-23-10-12-24(13-11-23)19-15-16(7-8-21-19)20(26)22-17-3-5-18(6-4-17)25-9-2-14-29(25,27)28/h3-8,15H,2,9-14H2,1H3,(H,22,26). The van der Waals surface area contributed by atoms with Gasteiger partial charge in [-0.05, 0) is 49.9 Å². The van der Waals surface area contributed by atoms with E-state index in [1.165, 1.54) is 4.31 Å². The maximum absolute atomic E-state index is 12.7. The van der Waals surface area contributed by atoms with Crippen molar-refractivity contribution < 1.29 is 13.2 Å². The lowest BCUT2D eigenvalue weighted by Crippen LogP contribution is -2.44. The van der Waals surface area contributed by atoms with E-state index >= 15 is 0 Å². The molecule has 1 aromatic heterocycles. The van der Waals surface area contributed by atoms with Crippen molar-refractivity contribution >= 4 is 33.1 Å². The van der Waals surface area contributed by atoms with Crippen LogP contribution in [0.3, 0.4) is 0 Å². The SMILES string of the molecule is CN1CCN(c2cc(C(=O)Nc3ccc(N4CCCS4(=O)=O)cc3)ccn2)CC1. The van der Waals surface area contributed by atoms with Gasteiger partial charge in [-0.1, -0.05) is 0 Å². The number of hydrogen-bond donors (Lipinski definition) is 1. The smallest absolute Gasteiger partial charge is 0.255 e. The second-order valence-corrected chi connectivity index (χ2v) is 9.45. The summed E-state index contributed by atoms with van der Waals surface area (Å²) in [7, 11) is -1.11. The number of nitrogens with zero attached hydrogens (tertiary/aromatic N) is 4. The van der Waals surface area contributed by atoms with Crippen molar-refractivity contribution in [3.63, 3.8) is 0 Å². The minimum Gasteiger partial charge on any atom is -0.354 e. The zero-order chi connectivity index (χ0) is 20.4. The molecular weight excluding hydrogens is 390 g/mol. The molecule has 1 aromatic carbocycles. The van der Waals surface area contributed by atoms with Gasteiger partial charge in [-0.15, -0.1) is 0 Å². The van der Waals surface area contributed by atoms with Crippen molar-refractivity contribution in [1.82, 2.24) is 9.88 Å². The Kier molecular flexibility index (Phi) is 5.42. The van der Waals surface area contributed by atoms with Gasteiger partial charge in [0.05, 0.1) is 11.4 Å². The van der Waals surface area contributed by atoms with Crippen molar-refractivity contribution in [1.29, 1.82) is 0 Å². The van der Waals surface area contributed by atoms with E-state index < -0.39 is 10.0 Å². The fourth-order valence-corrected chi connectivity index (χ4v) is 5.18. The van der Waals surface area contributed by atoms with Gasteiger partial charge in [-0.2, -0.15) is 0 Å². The van der Waals surface area contributed by atoms with Crippen LogP contribution in [0.15, 0.2) is 42.6 Å². The van der Waals surface area contributed by atoms with Crippen LogP contribution in [0.2, 0.25) is 0 Å².